The molecule has 1 aliphatic rings. The third-order valence-electron chi connectivity index (χ3n) is 4.91. The van der Waals surface area contributed by atoms with Crippen molar-refractivity contribution in [3.8, 4) is 0 Å². The number of thiophene rings is 1. The number of hydrogen-bond donors (Lipinski definition) is 2. The van der Waals surface area contributed by atoms with Crippen LogP contribution < -0.4 is 10.6 Å². The molecule has 0 radical (unpaired) electrons. The number of rotatable bonds is 6. The maximum Gasteiger partial charge on any atom is 0.263 e. The van der Waals surface area contributed by atoms with E-state index in [0.29, 0.717) is 28.6 Å². The summed E-state index contributed by atoms with van der Waals surface area (Å²) in [6.45, 7) is 1.13. The van der Waals surface area contributed by atoms with Gasteiger partial charge in [0, 0.05) is 35.3 Å². The zero-order valence-electron chi connectivity index (χ0n) is 16.1. The molecule has 0 bridgehead atoms. The lowest BCUT2D eigenvalue weighted by atomic mass is 10.2. The van der Waals surface area contributed by atoms with Crippen molar-refractivity contribution in [1.29, 1.82) is 0 Å². The van der Waals surface area contributed by atoms with Crippen LogP contribution in [0.3, 0.4) is 0 Å². The summed E-state index contributed by atoms with van der Waals surface area (Å²) in [6, 6.07) is 14.9. The van der Waals surface area contributed by atoms with E-state index < -0.39 is 0 Å². The second-order valence-electron chi connectivity index (χ2n) is 7.09. The van der Waals surface area contributed by atoms with Crippen LogP contribution in [0.15, 0.2) is 48.5 Å². The van der Waals surface area contributed by atoms with Gasteiger partial charge in [0.1, 0.15) is 4.88 Å². The molecule has 2 aromatic carbocycles. The molecule has 2 heterocycles. The molecule has 30 heavy (non-hydrogen) atoms. The van der Waals surface area contributed by atoms with Gasteiger partial charge in [-0.05, 0) is 30.2 Å². The minimum Gasteiger partial charge on any atom is -0.342 e. The number of anilines is 1. The van der Waals surface area contributed by atoms with Crippen LogP contribution in [0.4, 0.5) is 5.69 Å². The second-order valence-corrected chi connectivity index (χ2v) is 8.52. The van der Waals surface area contributed by atoms with Crippen LogP contribution in [0, 0.1) is 0 Å². The fraction of sp³-hybridized carbons (Fsp3) is 0.227. The van der Waals surface area contributed by atoms with Crippen molar-refractivity contribution in [2.45, 2.75) is 19.4 Å². The molecule has 6 nitrogen and oxygen atoms in total. The third-order valence-corrected chi connectivity index (χ3v) is 6.58. The predicted molar refractivity (Wildman–Crippen MR) is 119 cm³/mol. The Morgan fingerprint density at radius 2 is 1.97 bits per heavy atom. The van der Waals surface area contributed by atoms with Gasteiger partial charge >= 0.3 is 0 Å². The highest BCUT2D eigenvalue weighted by atomic mass is 35.5. The van der Waals surface area contributed by atoms with Gasteiger partial charge in [-0.15, -0.1) is 11.3 Å². The average Bonchev–Trinajstić information content (AvgIpc) is 3.30. The molecule has 0 saturated carbocycles. The van der Waals surface area contributed by atoms with Gasteiger partial charge in [-0.25, -0.2) is 0 Å². The smallest absolute Gasteiger partial charge is 0.263 e. The Morgan fingerprint density at radius 3 is 2.73 bits per heavy atom. The fourth-order valence-electron chi connectivity index (χ4n) is 3.45. The first-order chi connectivity index (χ1) is 14.5. The molecule has 0 spiro atoms. The Balaban J connectivity index is 1.34. The van der Waals surface area contributed by atoms with Crippen molar-refractivity contribution in [3.63, 3.8) is 0 Å². The van der Waals surface area contributed by atoms with Crippen LogP contribution in [-0.2, 0) is 16.1 Å². The van der Waals surface area contributed by atoms with Gasteiger partial charge in [0.2, 0.25) is 11.8 Å². The molecule has 1 saturated heterocycles. The Labute approximate surface area is 182 Å². The first-order valence-corrected chi connectivity index (χ1v) is 10.8. The topological polar surface area (TPSA) is 78.5 Å². The number of fused-ring (bicyclic) bond motifs is 1. The summed E-state index contributed by atoms with van der Waals surface area (Å²) in [6.07, 6.45) is 1.48. The SMILES string of the molecule is O=C(CNC(=O)c1sc2ccccc2c1Cl)Nc1cccc(CN2CCCC2=O)c1. The fourth-order valence-corrected chi connectivity index (χ4v) is 4.88. The molecule has 154 valence electrons. The summed E-state index contributed by atoms with van der Waals surface area (Å²) in [5.41, 5.74) is 1.57. The first kappa shape index (κ1) is 20.4. The minimum atomic E-state index is -0.377. The zero-order valence-corrected chi connectivity index (χ0v) is 17.7. The maximum atomic E-state index is 12.5. The molecule has 4 rings (SSSR count). The van der Waals surface area contributed by atoms with Gasteiger partial charge in [0.05, 0.1) is 11.6 Å². The quantitative estimate of drug-likeness (QED) is 0.605. The summed E-state index contributed by atoms with van der Waals surface area (Å²) < 4.78 is 0.922. The Morgan fingerprint density at radius 1 is 1.13 bits per heavy atom. The number of likely N-dealkylation sites (tertiary alicyclic amines) is 1. The van der Waals surface area contributed by atoms with Crippen molar-refractivity contribution in [2.24, 2.45) is 0 Å². The highest BCUT2D eigenvalue weighted by Crippen LogP contribution is 2.34. The molecule has 2 N–H and O–H groups in total. The molecular formula is C22H20ClN3O3S. The Kier molecular flexibility index (Phi) is 6.01. The summed E-state index contributed by atoms with van der Waals surface area (Å²) in [7, 11) is 0. The number of nitrogens with one attached hydrogen (secondary N) is 2. The molecule has 1 fully saturated rings. The molecule has 3 amide bonds. The standard InChI is InChI=1S/C22H20ClN3O3S/c23-20-16-7-1-2-8-17(16)30-21(20)22(29)24-12-18(27)25-15-6-3-5-14(11-15)13-26-10-4-9-19(26)28/h1-3,5-8,11H,4,9-10,12-13H2,(H,24,29)(H,25,27). The molecule has 3 aromatic rings. The van der Waals surface area contributed by atoms with Crippen molar-refractivity contribution in [3.05, 3.63) is 64.0 Å². The van der Waals surface area contributed by atoms with Crippen LogP contribution in [0.5, 0.6) is 0 Å². The van der Waals surface area contributed by atoms with E-state index in [2.05, 4.69) is 10.6 Å². The van der Waals surface area contributed by atoms with Crippen LogP contribution >= 0.6 is 22.9 Å². The average molecular weight is 442 g/mol. The van der Waals surface area contributed by atoms with Gasteiger partial charge in [-0.2, -0.15) is 0 Å². The lowest BCUT2D eigenvalue weighted by Crippen LogP contribution is -2.32. The maximum absolute atomic E-state index is 12.5. The summed E-state index contributed by atoms with van der Waals surface area (Å²) in [5, 5.41) is 6.63. The van der Waals surface area contributed by atoms with Gasteiger partial charge in [-0.3, -0.25) is 14.4 Å². The lowest BCUT2D eigenvalue weighted by molar-refractivity contribution is -0.128. The van der Waals surface area contributed by atoms with E-state index in [9.17, 15) is 14.4 Å². The number of hydrogen-bond acceptors (Lipinski definition) is 4. The predicted octanol–water partition coefficient (Wildman–Crippen LogP) is 4.05. The van der Waals surface area contributed by atoms with Gasteiger partial charge in [0.15, 0.2) is 0 Å². The van der Waals surface area contributed by atoms with E-state index in [1.807, 2.05) is 47.4 Å². The van der Waals surface area contributed by atoms with Gasteiger partial charge in [-0.1, -0.05) is 41.9 Å². The van der Waals surface area contributed by atoms with Crippen LogP contribution in [0.25, 0.3) is 10.1 Å². The molecule has 0 unspecified atom stereocenters. The number of nitrogens with zero attached hydrogens (tertiary/aromatic N) is 1. The van der Waals surface area contributed by atoms with Crippen molar-refractivity contribution in [2.75, 3.05) is 18.4 Å². The third kappa shape index (κ3) is 4.47. The summed E-state index contributed by atoms with van der Waals surface area (Å²) >= 11 is 7.61. The van der Waals surface area contributed by atoms with E-state index in [4.69, 9.17) is 11.6 Å². The number of carbonyl (C=O) groups excluding carboxylic acids is 3. The molecule has 0 aliphatic carbocycles. The highest BCUT2D eigenvalue weighted by Gasteiger charge is 2.20. The lowest BCUT2D eigenvalue weighted by Gasteiger charge is -2.16. The Bertz CT molecular complexity index is 1130. The van der Waals surface area contributed by atoms with E-state index in [1.165, 1.54) is 11.3 Å². The molecule has 1 aromatic heterocycles. The normalized spacial score (nSPS) is 13.6. The van der Waals surface area contributed by atoms with E-state index >= 15 is 0 Å². The number of carbonyl (C=O) groups is 3. The number of benzene rings is 2. The second kappa shape index (κ2) is 8.85. The van der Waals surface area contributed by atoms with Crippen molar-refractivity contribution < 1.29 is 14.4 Å². The van der Waals surface area contributed by atoms with E-state index in [0.717, 1.165) is 28.6 Å². The largest absolute Gasteiger partial charge is 0.342 e. The van der Waals surface area contributed by atoms with Crippen molar-refractivity contribution >= 4 is 56.4 Å². The monoisotopic (exact) mass is 441 g/mol. The molecule has 0 atom stereocenters. The molecule has 8 heteroatoms. The molecular weight excluding hydrogens is 422 g/mol. The first-order valence-electron chi connectivity index (χ1n) is 9.63. The number of amides is 3. The van der Waals surface area contributed by atoms with E-state index in [1.54, 1.807) is 6.07 Å². The number of halogens is 1. The minimum absolute atomic E-state index is 0.159. The summed E-state index contributed by atoms with van der Waals surface area (Å²) in [4.78, 5) is 38.8. The van der Waals surface area contributed by atoms with Crippen LogP contribution in [-0.4, -0.2) is 35.7 Å². The van der Waals surface area contributed by atoms with Crippen LogP contribution in [0.1, 0.15) is 28.1 Å². The van der Waals surface area contributed by atoms with Crippen molar-refractivity contribution in [1.82, 2.24) is 10.2 Å². The van der Waals surface area contributed by atoms with Crippen LogP contribution in [0.2, 0.25) is 5.02 Å². The highest BCUT2D eigenvalue weighted by molar-refractivity contribution is 7.21. The zero-order chi connectivity index (χ0) is 21.1. The Hall–Kier alpha value is -2.90. The summed E-state index contributed by atoms with van der Waals surface area (Å²) in [5.74, 6) is -0.556. The van der Waals surface area contributed by atoms with E-state index in [-0.39, 0.29) is 24.3 Å². The molecule has 1 aliphatic heterocycles. The van der Waals surface area contributed by atoms with Gasteiger partial charge in [0.25, 0.3) is 5.91 Å². The van der Waals surface area contributed by atoms with Gasteiger partial charge < -0.3 is 15.5 Å².